The lowest BCUT2D eigenvalue weighted by Gasteiger charge is -2.08. The maximum absolute atomic E-state index is 11.2. The molecule has 1 N–H and O–H groups in total. The number of anilines is 1. The molecule has 0 amide bonds. The molecule has 0 unspecified atom stereocenters. The first-order valence-corrected chi connectivity index (χ1v) is 7.83. The highest BCUT2D eigenvalue weighted by molar-refractivity contribution is 9.10. The first-order valence-electron chi connectivity index (χ1n) is 4.84. The van der Waals surface area contributed by atoms with E-state index >= 15 is 0 Å². The molecule has 3 nitrogen and oxygen atoms in total. The summed E-state index contributed by atoms with van der Waals surface area (Å²) in [6, 6.07) is 5.42. The first kappa shape index (κ1) is 13.8. The second-order valence-electron chi connectivity index (χ2n) is 3.29. The third-order valence-electron chi connectivity index (χ3n) is 2.10. The Morgan fingerprint density at radius 2 is 2.12 bits per heavy atom. The fourth-order valence-electron chi connectivity index (χ4n) is 1.12. The predicted octanol–water partition coefficient (Wildman–Crippen LogP) is 2.95. The van der Waals surface area contributed by atoms with E-state index in [4.69, 9.17) is 11.6 Å². The van der Waals surface area contributed by atoms with Crippen LogP contribution in [-0.4, -0.2) is 26.5 Å². The van der Waals surface area contributed by atoms with Crippen LogP contribution in [0.1, 0.15) is 6.92 Å². The number of rotatable bonds is 5. The number of hydrogen-bond acceptors (Lipinski definition) is 3. The van der Waals surface area contributed by atoms with Crippen LogP contribution in [-0.2, 0) is 9.84 Å². The lowest BCUT2D eigenvalue weighted by Crippen LogP contribution is -2.17. The molecule has 0 aliphatic rings. The summed E-state index contributed by atoms with van der Waals surface area (Å²) < 4.78 is 23.4. The molecule has 1 rings (SSSR count). The van der Waals surface area contributed by atoms with Gasteiger partial charge in [0.05, 0.1) is 16.5 Å². The Labute approximate surface area is 109 Å². The van der Waals surface area contributed by atoms with Crippen LogP contribution in [0.5, 0.6) is 0 Å². The second-order valence-corrected chi connectivity index (χ2v) is 7.08. The highest BCUT2D eigenvalue weighted by Crippen LogP contribution is 2.25. The monoisotopic (exact) mass is 325 g/mol. The minimum absolute atomic E-state index is 0.121. The van der Waals surface area contributed by atoms with Gasteiger partial charge in [-0.1, -0.05) is 34.5 Å². The zero-order chi connectivity index (χ0) is 12.2. The SMILES string of the molecule is CCS(=O)(=O)CCNc1ccc(Br)cc1Cl. The fourth-order valence-corrected chi connectivity index (χ4v) is 2.56. The summed E-state index contributed by atoms with van der Waals surface area (Å²) in [6.07, 6.45) is 0. The topological polar surface area (TPSA) is 46.2 Å². The van der Waals surface area contributed by atoms with Crippen LogP contribution in [0.2, 0.25) is 5.02 Å². The molecule has 90 valence electrons. The van der Waals surface area contributed by atoms with Gasteiger partial charge in [-0.3, -0.25) is 0 Å². The average molecular weight is 327 g/mol. The van der Waals surface area contributed by atoms with Crippen molar-refractivity contribution in [3.8, 4) is 0 Å². The third-order valence-corrected chi connectivity index (χ3v) is 4.61. The van der Waals surface area contributed by atoms with Crippen LogP contribution in [0.3, 0.4) is 0 Å². The molecule has 0 aliphatic heterocycles. The molecular weight excluding hydrogens is 314 g/mol. The van der Waals surface area contributed by atoms with Gasteiger partial charge in [-0.15, -0.1) is 0 Å². The summed E-state index contributed by atoms with van der Waals surface area (Å²) in [4.78, 5) is 0. The van der Waals surface area contributed by atoms with Gasteiger partial charge >= 0.3 is 0 Å². The van der Waals surface area contributed by atoms with E-state index in [-0.39, 0.29) is 11.5 Å². The highest BCUT2D eigenvalue weighted by Gasteiger charge is 2.07. The molecule has 0 fully saturated rings. The summed E-state index contributed by atoms with van der Waals surface area (Å²) >= 11 is 9.27. The van der Waals surface area contributed by atoms with Gasteiger partial charge in [-0.25, -0.2) is 8.42 Å². The highest BCUT2D eigenvalue weighted by atomic mass is 79.9. The second kappa shape index (κ2) is 5.89. The third kappa shape index (κ3) is 4.31. The molecule has 0 heterocycles. The molecule has 0 radical (unpaired) electrons. The number of benzene rings is 1. The summed E-state index contributed by atoms with van der Waals surface area (Å²) in [5, 5.41) is 3.57. The van der Waals surface area contributed by atoms with E-state index in [9.17, 15) is 8.42 Å². The molecule has 1 aromatic carbocycles. The fraction of sp³-hybridized carbons (Fsp3) is 0.400. The molecule has 0 aliphatic carbocycles. The van der Waals surface area contributed by atoms with Crippen LogP contribution >= 0.6 is 27.5 Å². The van der Waals surface area contributed by atoms with E-state index in [1.807, 2.05) is 12.1 Å². The van der Waals surface area contributed by atoms with Crippen molar-refractivity contribution >= 4 is 43.1 Å². The van der Waals surface area contributed by atoms with Crippen molar-refractivity contribution in [2.24, 2.45) is 0 Å². The van der Waals surface area contributed by atoms with Crippen LogP contribution in [0.25, 0.3) is 0 Å². The minimum atomic E-state index is -2.93. The molecule has 6 heteroatoms. The zero-order valence-electron chi connectivity index (χ0n) is 8.83. The van der Waals surface area contributed by atoms with Crippen LogP contribution in [0.15, 0.2) is 22.7 Å². The Morgan fingerprint density at radius 1 is 1.44 bits per heavy atom. The molecule has 0 bridgehead atoms. The average Bonchev–Trinajstić information content (AvgIpc) is 2.21. The number of nitrogens with one attached hydrogen (secondary N) is 1. The zero-order valence-corrected chi connectivity index (χ0v) is 12.0. The maximum atomic E-state index is 11.2. The molecule has 0 spiro atoms. The van der Waals surface area contributed by atoms with Gasteiger partial charge in [0.15, 0.2) is 9.84 Å². The van der Waals surface area contributed by atoms with Crippen LogP contribution < -0.4 is 5.32 Å². The predicted molar refractivity (Wildman–Crippen MR) is 72.0 cm³/mol. The Morgan fingerprint density at radius 3 is 2.69 bits per heavy atom. The first-order chi connectivity index (χ1) is 7.44. The molecule has 0 aromatic heterocycles. The standard InChI is InChI=1S/C10H13BrClNO2S/c1-2-16(14,15)6-5-13-10-4-3-8(11)7-9(10)12/h3-4,7,13H,2,5-6H2,1H3. The van der Waals surface area contributed by atoms with Gasteiger partial charge in [0.1, 0.15) is 0 Å². The Hall–Kier alpha value is -0.260. The largest absolute Gasteiger partial charge is 0.383 e. The van der Waals surface area contributed by atoms with Gasteiger partial charge in [0, 0.05) is 16.8 Å². The molecular formula is C10H13BrClNO2S. The lowest BCUT2D eigenvalue weighted by molar-refractivity contribution is 0.597. The van der Waals surface area contributed by atoms with Crippen molar-refractivity contribution in [2.75, 3.05) is 23.4 Å². The summed E-state index contributed by atoms with van der Waals surface area (Å²) in [5.74, 6) is 0.290. The summed E-state index contributed by atoms with van der Waals surface area (Å²) in [7, 11) is -2.93. The van der Waals surface area contributed by atoms with Crippen molar-refractivity contribution in [1.29, 1.82) is 0 Å². The molecule has 0 saturated carbocycles. The van der Waals surface area contributed by atoms with E-state index in [2.05, 4.69) is 21.2 Å². The van der Waals surface area contributed by atoms with E-state index in [0.717, 1.165) is 10.2 Å². The quantitative estimate of drug-likeness (QED) is 0.905. The number of sulfone groups is 1. The molecule has 0 atom stereocenters. The van der Waals surface area contributed by atoms with Gasteiger partial charge in [0.25, 0.3) is 0 Å². The Balaban J connectivity index is 2.56. The van der Waals surface area contributed by atoms with Gasteiger partial charge in [0.2, 0.25) is 0 Å². The van der Waals surface area contributed by atoms with Crippen molar-refractivity contribution < 1.29 is 8.42 Å². The minimum Gasteiger partial charge on any atom is -0.383 e. The molecule has 1 aromatic rings. The molecule has 16 heavy (non-hydrogen) atoms. The van der Waals surface area contributed by atoms with E-state index < -0.39 is 9.84 Å². The number of hydrogen-bond donors (Lipinski definition) is 1. The van der Waals surface area contributed by atoms with Gasteiger partial charge < -0.3 is 5.32 Å². The van der Waals surface area contributed by atoms with E-state index in [1.54, 1.807) is 13.0 Å². The van der Waals surface area contributed by atoms with E-state index in [1.165, 1.54) is 0 Å². The number of halogens is 2. The Bertz CT molecular complexity index is 462. The maximum Gasteiger partial charge on any atom is 0.151 e. The summed E-state index contributed by atoms with van der Waals surface area (Å²) in [5.41, 5.74) is 0.746. The smallest absolute Gasteiger partial charge is 0.151 e. The van der Waals surface area contributed by atoms with Crippen LogP contribution in [0, 0.1) is 0 Å². The van der Waals surface area contributed by atoms with Crippen molar-refractivity contribution in [2.45, 2.75) is 6.92 Å². The summed E-state index contributed by atoms with van der Waals surface area (Å²) in [6.45, 7) is 2.01. The van der Waals surface area contributed by atoms with Gasteiger partial charge in [-0.2, -0.15) is 0 Å². The normalized spacial score (nSPS) is 11.4. The molecule has 0 saturated heterocycles. The van der Waals surface area contributed by atoms with E-state index in [0.29, 0.717) is 11.6 Å². The Kier molecular flexibility index (Phi) is 5.08. The van der Waals surface area contributed by atoms with Crippen molar-refractivity contribution in [1.82, 2.24) is 0 Å². The van der Waals surface area contributed by atoms with Crippen molar-refractivity contribution in [3.63, 3.8) is 0 Å². The lowest BCUT2D eigenvalue weighted by atomic mass is 10.3. The van der Waals surface area contributed by atoms with Gasteiger partial charge in [-0.05, 0) is 18.2 Å². The van der Waals surface area contributed by atoms with Crippen molar-refractivity contribution in [3.05, 3.63) is 27.7 Å². The van der Waals surface area contributed by atoms with Crippen LogP contribution in [0.4, 0.5) is 5.69 Å².